The average Bonchev–Trinajstić information content (AvgIpc) is 3.37. The van der Waals surface area contributed by atoms with Gasteiger partial charge in [-0.1, -0.05) is 42.5 Å². The lowest BCUT2D eigenvalue weighted by molar-refractivity contribution is -0.253. The summed E-state index contributed by atoms with van der Waals surface area (Å²) in [6.07, 6.45) is -5.47. The number of nitrogens with one attached hydrogen (secondary N) is 3. The third-order valence-corrected chi connectivity index (χ3v) is 6.02. The quantitative estimate of drug-likeness (QED) is 0.158. The fourth-order valence-electron chi connectivity index (χ4n) is 3.75. The number of ether oxygens (including phenoxy) is 1. The molecule has 1 atom stereocenters. The lowest BCUT2D eigenvalue weighted by Gasteiger charge is -2.35. The summed E-state index contributed by atoms with van der Waals surface area (Å²) in [5.74, 6) is -0.254. The zero-order chi connectivity index (χ0) is 26.5. The molecule has 0 radical (unpaired) electrons. The molecule has 0 aliphatic heterocycles. The van der Waals surface area contributed by atoms with Crippen molar-refractivity contribution in [2.45, 2.75) is 24.5 Å². The molecule has 0 aliphatic rings. The van der Waals surface area contributed by atoms with Crippen LogP contribution in [0, 0.1) is 3.57 Å². The summed E-state index contributed by atoms with van der Waals surface area (Å²) in [6, 6.07) is 18.8. The van der Waals surface area contributed by atoms with Crippen molar-refractivity contribution in [2.24, 2.45) is 0 Å². The number of carbonyl (C=O) groups is 1. The van der Waals surface area contributed by atoms with Crippen molar-refractivity contribution in [3.8, 4) is 5.75 Å². The first-order valence-corrected chi connectivity index (χ1v) is 12.0. The van der Waals surface area contributed by atoms with Gasteiger partial charge >= 0.3 is 18.6 Å². The first-order valence-electron chi connectivity index (χ1n) is 10.9. The number of pyridine rings is 1. The molecule has 0 saturated carbocycles. The van der Waals surface area contributed by atoms with Gasteiger partial charge in [-0.15, -0.1) is 0 Å². The number of carbonyl (C=O) groups excluding carboxylic acids is 1. The number of benzene rings is 2. The van der Waals surface area contributed by atoms with Crippen molar-refractivity contribution in [1.82, 2.24) is 20.5 Å². The van der Waals surface area contributed by atoms with E-state index in [1.807, 2.05) is 30.3 Å². The van der Waals surface area contributed by atoms with Gasteiger partial charge in [0, 0.05) is 28.5 Å². The number of urea groups is 1. The monoisotopic (exact) mass is 625 g/mol. The van der Waals surface area contributed by atoms with Crippen LogP contribution in [0.15, 0.2) is 85.2 Å². The molecule has 12 heteroatoms. The van der Waals surface area contributed by atoms with E-state index in [0.29, 0.717) is 5.69 Å². The lowest BCUT2D eigenvalue weighted by Crippen LogP contribution is -2.50. The largest absolute Gasteiger partial charge is 0.461 e. The van der Waals surface area contributed by atoms with E-state index in [4.69, 9.17) is 0 Å². The summed E-state index contributed by atoms with van der Waals surface area (Å²) in [5.41, 5.74) is 0.0228. The number of amides is 2. The number of hydrogen-bond acceptors (Lipinski definition) is 4. The number of rotatable bonds is 9. The van der Waals surface area contributed by atoms with E-state index in [-0.39, 0.29) is 17.8 Å². The minimum Gasteiger partial charge on any atom is -0.428 e. The predicted octanol–water partition coefficient (Wildman–Crippen LogP) is 5.95. The average molecular weight is 625 g/mol. The molecule has 3 N–H and O–H groups in total. The van der Waals surface area contributed by atoms with Gasteiger partial charge in [0.15, 0.2) is 5.82 Å². The van der Waals surface area contributed by atoms with Gasteiger partial charge in [-0.25, -0.2) is 4.79 Å². The topological polar surface area (TPSA) is 91.9 Å². The number of nitrogens with zero attached hydrogens (tertiary/aromatic N) is 2. The maximum Gasteiger partial charge on any atom is 0.461 e. The Hall–Kier alpha value is -3.68. The van der Waals surface area contributed by atoms with Crippen LogP contribution in [0.2, 0.25) is 0 Å². The molecule has 0 bridgehead atoms. The van der Waals surface area contributed by atoms with Crippen LogP contribution < -0.4 is 15.4 Å². The van der Waals surface area contributed by atoms with E-state index in [1.54, 1.807) is 30.5 Å². The van der Waals surface area contributed by atoms with E-state index in [1.165, 1.54) is 18.3 Å². The van der Waals surface area contributed by atoms with Gasteiger partial charge in [-0.3, -0.25) is 15.4 Å². The minimum absolute atomic E-state index is 0.143. The summed E-state index contributed by atoms with van der Waals surface area (Å²) in [5, 5.41) is 12.0. The molecule has 2 aromatic carbocycles. The van der Waals surface area contributed by atoms with Crippen molar-refractivity contribution in [3.05, 3.63) is 106 Å². The van der Waals surface area contributed by atoms with Crippen LogP contribution >= 0.6 is 22.6 Å². The van der Waals surface area contributed by atoms with Gasteiger partial charge in [0.25, 0.3) is 0 Å². The third-order valence-electron chi connectivity index (χ3n) is 5.38. The lowest BCUT2D eigenvalue weighted by atomic mass is 9.80. The molecule has 0 saturated heterocycles. The zero-order valence-corrected chi connectivity index (χ0v) is 21.1. The van der Waals surface area contributed by atoms with Gasteiger partial charge in [0.1, 0.15) is 11.3 Å². The van der Waals surface area contributed by atoms with E-state index >= 15 is 0 Å². The molecule has 0 unspecified atom stereocenters. The van der Waals surface area contributed by atoms with Gasteiger partial charge in [-0.2, -0.15) is 22.7 Å². The Morgan fingerprint density at radius 2 is 1.84 bits per heavy atom. The van der Waals surface area contributed by atoms with Crippen molar-refractivity contribution < 1.29 is 27.1 Å². The van der Waals surface area contributed by atoms with Crippen LogP contribution in [0.4, 0.5) is 28.2 Å². The normalized spacial score (nSPS) is 13.1. The minimum atomic E-state index is -4.70. The first-order chi connectivity index (χ1) is 17.7. The van der Waals surface area contributed by atoms with Crippen LogP contribution in [-0.4, -0.2) is 33.7 Å². The number of H-pyrrole nitrogens is 1. The summed E-state index contributed by atoms with van der Waals surface area (Å²) in [6.45, 7) is 0. The van der Waals surface area contributed by atoms with Crippen LogP contribution in [0.25, 0.3) is 0 Å². The summed E-state index contributed by atoms with van der Waals surface area (Å²) in [7, 11) is 0. The molecule has 4 rings (SSSR count). The highest BCUT2D eigenvalue weighted by Gasteiger charge is 2.44. The van der Waals surface area contributed by atoms with Gasteiger partial charge in [-0.05, 0) is 58.0 Å². The van der Waals surface area contributed by atoms with Crippen LogP contribution in [0.1, 0.15) is 16.8 Å². The summed E-state index contributed by atoms with van der Waals surface area (Å²) in [4.78, 5) is 17.7. The molecule has 2 amide bonds. The van der Waals surface area contributed by atoms with E-state index in [9.17, 15) is 22.4 Å². The number of anilines is 1. The Morgan fingerprint density at radius 3 is 2.49 bits per heavy atom. The van der Waals surface area contributed by atoms with Crippen molar-refractivity contribution in [3.63, 3.8) is 0 Å². The second-order valence-corrected chi connectivity index (χ2v) is 9.21. The fourth-order valence-corrected chi connectivity index (χ4v) is 4.07. The molecule has 7 nitrogen and oxygen atoms in total. The highest BCUT2D eigenvalue weighted by molar-refractivity contribution is 14.1. The Kier molecular flexibility index (Phi) is 7.95. The van der Waals surface area contributed by atoms with Crippen molar-refractivity contribution in [1.29, 1.82) is 0 Å². The van der Waals surface area contributed by atoms with Crippen LogP contribution in [-0.2, 0) is 12.0 Å². The highest BCUT2D eigenvalue weighted by Crippen LogP contribution is 2.36. The van der Waals surface area contributed by atoms with Gasteiger partial charge < -0.3 is 10.1 Å². The Morgan fingerprint density at radius 1 is 1.05 bits per heavy atom. The molecule has 0 aliphatic carbocycles. The fraction of sp³-hybridized carbons (Fsp3) is 0.160. The van der Waals surface area contributed by atoms with E-state index in [2.05, 4.69) is 53.1 Å². The molecule has 4 aromatic rings. The summed E-state index contributed by atoms with van der Waals surface area (Å²) >= 11 is 2.08. The van der Waals surface area contributed by atoms with Crippen LogP contribution in [0.3, 0.4) is 0 Å². The maximum atomic E-state index is 13.7. The van der Waals surface area contributed by atoms with Gasteiger partial charge in [0.05, 0.1) is 5.69 Å². The zero-order valence-electron chi connectivity index (χ0n) is 19.0. The second-order valence-electron chi connectivity index (χ2n) is 7.96. The number of halogens is 5. The predicted molar refractivity (Wildman–Crippen MR) is 137 cm³/mol. The summed E-state index contributed by atoms with van der Waals surface area (Å²) < 4.78 is 58.2. The first kappa shape index (κ1) is 26.4. The molecular weight excluding hydrogens is 605 g/mol. The van der Waals surface area contributed by atoms with Gasteiger partial charge in [0.2, 0.25) is 0 Å². The molecule has 192 valence electrons. The molecule has 0 spiro atoms. The van der Waals surface area contributed by atoms with Crippen molar-refractivity contribution >= 4 is 34.4 Å². The smallest absolute Gasteiger partial charge is 0.428 e. The van der Waals surface area contributed by atoms with Crippen LogP contribution in [0.5, 0.6) is 5.75 Å². The molecule has 2 heterocycles. The number of alkyl halides is 4. The molecule has 2 aromatic heterocycles. The maximum absolute atomic E-state index is 13.7. The third kappa shape index (κ3) is 6.37. The Balaban J connectivity index is 1.85. The number of aromatic nitrogens is 3. The number of aromatic amines is 1. The molecule has 37 heavy (non-hydrogen) atoms. The van der Waals surface area contributed by atoms with E-state index < -0.39 is 29.9 Å². The Labute approximate surface area is 222 Å². The van der Waals surface area contributed by atoms with Crippen molar-refractivity contribution in [2.75, 3.05) is 5.32 Å². The SMILES string of the molecule is O=C(Nc1cc[nH]n1)N[C@@](Cc1ccccc1)(c1cccc(OC(F)(F)C(F)F)c1)c1ccc(I)cn1. The van der Waals surface area contributed by atoms with E-state index in [0.717, 1.165) is 15.2 Å². The number of hydrogen-bond donors (Lipinski definition) is 3. The molecular formula is C25H20F4IN5O2. The highest BCUT2D eigenvalue weighted by atomic mass is 127. The second kappa shape index (κ2) is 11.2. The Bertz CT molecular complexity index is 1320. The standard InChI is InChI=1S/C25H20F4IN5O2/c26-22(27)25(28,29)37-19-8-4-7-17(13-19)24(14-16-5-2-1-3-6-16,20-10-9-18(30)15-31-20)34-23(36)33-21-11-12-32-35-21/h1-13,15,22H,14H2,(H3,32,33,34,35,36)/t24-/m0/s1. The molecule has 0 fully saturated rings.